The number of nitrogens with one attached hydrogen (secondary N) is 1. The molecule has 30 heavy (non-hydrogen) atoms. The lowest BCUT2D eigenvalue weighted by molar-refractivity contribution is 0.525. The van der Waals surface area contributed by atoms with Crippen molar-refractivity contribution in [3.05, 3.63) is 84.8 Å². The van der Waals surface area contributed by atoms with Crippen LogP contribution in [0.1, 0.15) is 25.6 Å². The highest BCUT2D eigenvalue weighted by Gasteiger charge is 2.24. The van der Waals surface area contributed by atoms with Gasteiger partial charge >= 0.3 is 0 Å². The highest BCUT2D eigenvalue weighted by molar-refractivity contribution is 7.92. The van der Waals surface area contributed by atoms with Crippen LogP contribution < -0.4 is 9.62 Å². The zero-order valence-electron chi connectivity index (χ0n) is 16.8. The third kappa shape index (κ3) is 3.89. The number of nitrogens with zero attached hydrogens (tertiary/aromatic N) is 2. The number of furan rings is 1. The number of hydrogen-bond acceptors (Lipinski definition) is 5. The average Bonchev–Trinajstić information content (AvgIpc) is 3.20. The molecule has 0 saturated heterocycles. The van der Waals surface area contributed by atoms with Crippen molar-refractivity contribution in [3.8, 4) is 0 Å². The lowest BCUT2D eigenvalue weighted by Gasteiger charge is -2.22. The molecule has 0 fully saturated rings. The minimum atomic E-state index is -3.69. The highest BCUT2D eigenvalue weighted by Crippen LogP contribution is 2.27. The minimum Gasteiger partial charge on any atom is -0.459 e. The first-order valence-corrected chi connectivity index (χ1v) is 11.2. The number of fused-ring (bicyclic) bond motifs is 1. The average molecular weight is 422 g/mol. The van der Waals surface area contributed by atoms with E-state index in [2.05, 4.69) is 10.3 Å². The Labute approximate surface area is 176 Å². The molecule has 0 saturated carbocycles. The summed E-state index contributed by atoms with van der Waals surface area (Å²) in [6.07, 6.45) is 1.38. The molecule has 0 unspecified atom stereocenters. The standard InChI is InChI=1S/C23H23N3O3S/c1-3-26(19-10-5-4-6-11-19)30(27,28)20-13-14-23(24-16-20)25-17(2)22-15-18-9-7-8-12-21(18)29-22/h4-17H,3H2,1-2H3,(H,24,25)/t17-/m1/s1. The number of para-hydroxylation sites is 2. The van der Waals surface area contributed by atoms with Gasteiger partial charge in [-0.15, -0.1) is 0 Å². The van der Waals surface area contributed by atoms with Crippen LogP contribution in [0, 0.1) is 0 Å². The molecule has 0 aliphatic rings. The van der Waals surface area contributed by atoms with Crippen molar-refractivity contribution in [2.75, 3.05) is 16.2 Å². The van der Waals surface area contributed by atoms with Gasteiger partial charge in [-0.3, -0.25) is 4.31 Å². The molecule has 2 aromatic carbocycles. The molecule has 4 rings (SSSR count). The number of aromatic nitrogens is 1. The van der Waals surface area contributed by atoms with Crippen LogP contribution in [0.5, 0.6) is 0 Å². The van der Waals surface area contributed by atoms with E-state index in [-0.39, 0.29) is 10.9 Å². The summed E-state index contributed by atoms with van der Waals surface area (Å²) in [5.74, 6) is 1.36. The van der Waals surface area contributed by atoms with Crippen molar-refractivity contribution < 1.29 is 12.8 Å². The highest BCUT2D eigenvalue weighted by atomic mass is 32.2. The molecule has 2 heterocycles. The molecular weight excluding hydrogens is 398 g/mol. The number of anilines is 2. The predicted molar refractivity (Wildman–Crippen MR) is 119 cm³/mol. The van der Waals surface area contributed by atoms with E-state index in [0.717, 1.165) is 16.7 Å². The smallest absolute Gasteiger partial charge is 0.265 e. The fourth-order valence-corrected chi connectivity index (χ4v) is 4.76. The first kappa shape index (κ1) is 20.0. The molecule has 1 N–H and O–H groups in total. The van der Waals surface area contributed by atoms with E-state index in [0.29, 0.717) is 18.1 Å². The number of pyridine rings is 1. The van der Waals surface area contributed by atoms with Crippen LogP contribution in [-0.2, 0) is 10.0 Å². The van der Waals surface area contributed by atoms with Crippen molar-refractivity contribution in [1.82, 2.24) is 4.98 Å². The van der Waals surface area contributed by atoms with E-state index in [9.17, 15) is 8.42 Å². The van der Waals surface area contributed by atoms with Crippen molar-refractivity contribution >= 4 is 32.5 Å². The summed E-state index contributed by atoms with van der Waals surface area (Å²) in [5, 5.41) is 4.30. The molecule has 1 atom stereocenters. The second-order valence-electron chi connectivity index (χ2n) is 6.94. The van der Waals surface area contributed by atoms with Crippen molar-refractivity contribution in [2.24, 2.45) is 0 Å². The van der Waals surface area contributed by atoms with Crippen LogP contribution in [0.2, 0.25) is 0 Å². The Morgan fingerprint density at radius 2 is 1.77 bits per heavy atom. The molecule has 154 valence electrons. The van der Waals surface area contributed by atoms with Gasteiger partial charge in [0.2, 0.25) is 0 Å². The minimum absolute atomic E-state index is 0.121. The Morgan fingerprint density at radius 3 is 2.43 bits per heavy atom. The summed E-state index contributed by atoms with van der Waals surface area (Å²) in [6.45, 7) is 4.11. The van der Waals surface area contributed by atoms with Crippen molar-refractivity contribution in [1.29, 1.82) is 0 Å². The maximum absolute atomic E-state index is 13.1. The normalized spacial score (nSPS) is 12.6. The largest absolute Gasteiger partial charge is 0.459 e. The van der Waals surface area contributed by atoms with Crippen LogP contribution in [0.4, 0.5) is 11.5 Å². The van der Waals surface area contributed by atoms with Gasteiger partial charge in [-0.2, -0.15) is 0 Å². The third-order valence-electron chi connectivity index (χ3n) is 4.89. The van der Waals surface area contributed by atoms with Crippen LogP contribution in [-0.4, -0.2) is 19.9 Å². The van der Waals surface area contributed by atoms with Gasteiger partial charge in [-0.25, -0.2) is 13.4 Å². The van der Waals surface area contributed by atoms with E-state index in [1.807, 2.05) is 62.4 Å². The Morgan fingerprint density at radius 1 is 1.03 bits per heavy atom. The quantitative estimate of drug-likeness (QED) is 0.443. The van der Waals surface area contributed by atoms with Crippen molar-refractivity contribution in [3.63, 3.8) is 0 Å². The summed E-state index contributed by atoms with van der Waals surface area (Å²) >= 11 is 0. The van der Waals surface area contributed by atoms with Crippen LogP contribution >= 0.6 is 0 Å². The SMILES string of the molecule is CCN(c1ccccc1)S(=O)(=O)c1ccc(N[C@H](C)c2cc3ccccc3o2)nc1. The predicted octanol–water partition coefficient (Wildman–Crippen LogP) is 5.22. The second kappa shape index (κ2) is 8.20. The zero-order valence-corrected chi connectivity index (χ0v) is 17.6. The van der Waals surface area contributed by atoms with Gasteiger partial charge in [-0.05, 0) is 50.2 Å². The fraction of sp³-hybridized carbons (Fsp3) is 0.174. The molecule has 0 amide bonds. The van der Waals surface area contributed by atoms with Crippen LogP contribution in [0.25, 0.3) is 11.0 Å². The number of sulfonamides is 1. The Hall–Kier alpha value is -3.32. The molecular formula is C23H23N3O3S. The zero-order chi connectivity index (χ0) is 21.1. The van der Waals surface area contributed by atoms with Crippen LogP contribution in [0.15, 0.2) is 88.3 Å². The molecule has 6 nitrogen and oxygen atoms in total. The van der Waals surface area contributed by atoms with E-state index in [4.69, 9.17) is 4.42 Å². The molecule has 7 heteroatoms. The maximum Gasteiger partial charge on any atom is 0.265 e. The summed E-state index contributed by atoms with van der Waals surface area (Å²) in [6, 6.07) is 22.0. The first-order chi connectivity index (χ1) is 14.5. The third-order valence-corrected chi connectivity index (χ3v) is 6.78. The molecule has 0 bridgehead atoms. The van der Waals surface area contributed by atoms with Crippen LogP contribution in [0.3, 0.4) is 0 Å². The summed E-state index contributed by atoms with van der Waals surface area (Å²) in [5.41, 5.74) is 1.46. The van der Waals surface area contributed by atoms with Gasteiger partial charge in [0.25, 0.3) is 10.0 Å². The monoisotopic (exact) mass is 421 g/mol. The molecule has 0 spiro atoms. The Balaban J connectivity index is 1.53. The van der Waals surface area contributed by atoms with E-state index in [1.54, 1.807) is 24.3 Å². The van der Waals surface area contributed by atoms with E-state index in [1.165, 1.54) is 10.5 Å². The van der Waals surface area contributed by atoms with Gasteiger partial charge in [0, 0.05) is 18.1 Å². The molecule has 4 aromatic rings. The molecule has 0 aliphatic heterocycles. The maximum atomic E-state index is 13.1. The summed E-state index contributed by atoms with van der Waals surface area (Å²) < 4.78 is 33.4. The summed E-state index contributed by atoms with van der Waals surface area (Å²) in [7, 11) is -3.69. The van der Waals surface area contributed by atoms with E-state index >= 15 is 0 Å². The summed E-state index contributed by atoms with van der Waals surface area (Å²) in [4.78, 5) is 4.46. The molecule has 0 radical (unpaired) electrons. The Kier molecular flexibility index (Phi) is 5.46. The number of rotatable bonds is 7. The number of hydrogen-bond donors (Lipinski definition) is 1. The first-order valence-electron chi connectivity index (χ1n) is 9.78. The topological polar surface area (TPSA) is 75.4 Å². The number of benzene rings is 2. The lowest BCUT2D eigenvalue weighted by Crippen LogP contribution is -2.30. The van der Waals surface area contributed by atoms with Gasteiger partial charge in [0.05, 0.1) is 11.7 Å². The lowest BCUT2D eigenvalue weighted by atomic mass is 10.2. The van der Waals surface area contributed by atoms with Crippen molar-refractivity contribution in [2.45, 2.75) is 24.8 Å². The molecule has 2 aromatic heterocycles. The van der Waals surface area contributed by atoms with Gasteiger partial charge in [0.1, 0.15) is 22.1 Å². The Bertz CT molecular complexity index is 1200. The van der Waals surface area contributed by atoms with Gasteiger partial charge < -0.3 is 9.73 Å². The van der Waals surface area contributed by atoms with Gasteiger partial charge in [0.15, 0.2) is 0 Å². The van der Waals surface area contributed by atoms with E-state index < -0.39 is 10.0 Å². The van der Waals surface area contributed by atoms with Gasteiger partial charge in [-0.1, -0.05) is 36.4 Å². The molecule has 0 aliphatic carbocycles. The second-order valence-corrected chi connectivity index (χ2v) is 8.80. The fourth-order valence-electron chi connectivity index (χ4n) is 3.34.